The number of hydrogen-bond acceptors (Lipinski definition) is 15. The number of rotatable bonds is 73. The second kappa shape index (κ2) is 78.8. The van der Waals surface area contributed by atoms with Gasteiger partial charge in [0, 0.05) is 25.7 Å². The fourth-order valence-electron chi connectivity index (χ4n) is 9.70. The SMILES string of the molecule is CC/C=C\C/C=C\C/C=C\C/C=C\C/C=C\C/C=C\CCC(=O)OCC(COP(=O)(O)OCC(O)COP(=O)(O)OCC(COC(=O)CCCCC/C=C\C/C=C\C/C=C\C/C=C\C/C=C\CC)OC(=O)CCCCCCC/C=C\C/C=C\CCCCC)OC(=O)CCCC/C=C\C/C=C\C/C=C\C/C=C\CC. The first-order valence-electron chi connectivity index (χ1n) is 40.3. The number of carbonyl (C=O) groups is 4. The van der Waals surface area contributed by atoms with Crippen LogP contribution < -0.4 is 0 Å². The summed E-state index contributed by atoms with van der Waals surface area (Å²) in [4.78, 5) is 73.1. The van der Waals surface area contributed by atoms with Crippen molar-refractivity contribution in [3.8, 4) is 0 Å². The topological polar surface area (TPSA) is 237 Å². The molecule has 0 aliphatic heterocycles. The van der Waals surface area contributed by atoms with Gasteiger partial charge in [0.25, 0.3) is 0 Å². The van der Waals surface area contributed by atoms with Crippen molar-refractivity contribution in [2.75, 3.05) is 39.6 Å². The highest BCUT2D eigenvalue weighted by Crippen LogP contribution is 2.45. The minimum atomic E-state index is -5.02. The summed E-state index contributed by atoms with van der Waals surface area (Å²) in [5.41, 5.74) is 0. The minimum Gasteiger partial charge on any atom is -0.462 e. The number of carbonyl (C=O) groups excluding carboxylic acids is 4. The van der Waals surface area contributed by atoms with E-state index < -0.39 is 97.5 Å². The zero-order valence-electron chi connectivity index (χ0n) is 66.4. The summed E-state index contributed by atoms with van der Waals surface area (Å²) in [5, 5.41) is 10.6. The number of ether oxygens (including phenoxy) is 4. The lowest BCUT2D eigenvalue weighted by Gasteiger charge is -2.21. The fourth-order valence-corrected chi connectivity index (χ4v) is 11.3. The maximum Gasteiger partial charge on any atom is 0.472 e. The summed E-state index contributed by atoms with van der Waals surface area (Å²) in [5.74, 6) is -2.40. The molecule has 0 spiro atoms. The Morgan fingerprint density at radius 1 is 0.269 bits per heavy atom. The minimum absolute atomic E-state index is 0.0170. The molecule has 0 aromatic rings. The first kappa shape index (κ1) is 102. The van der Waals surface area contributed by atoms with Gasteiger partial charge in [-0.3, -0.25) is 37.3 Å². The van der Waals surface area contributed by atoms with Gasteiger partial charge in [0.2, 0.25) is 0 Å². The lowest BCUT2D eigenvalue weighted by Crippen LogP contribution is -2.30. The van der Waals surface area contributed by atoms with Crippen LogP contribution in [0.2, 0.25) is 0 Å². The summed E-state index contributed by atoms with van der Waals surface area (Å²) in [6.45, 7) is 4.28. The van der Waals surface area contributed by atoms with Crippen LogP contribution in [0.3, 0.4) is 0 Å². The summed E-state index contributed by atoms with van der Waals surface area (Å²) in [7, 11) is -10.0. The van der Waals surface area contributed by atoms with Crippen molar-refractivity contribution in [3.63, 3.8) is 0 Å². The van der Waals surface area contributed by atoms with Crippen molar-refractivity contribution < 1.29 is 80.2 Å². The molecule has 3 N–H and O–H groups in total. The zero-order valence-corrected chi connectivity index (χ0v) is 68.2. The highest BCUT2D eigenvalue weighted by atomic mass is 31.2. The number of aliphatic hydroxyl groups is 1. The first-order valence-corrected chi connectivity index (χ1v) is 43.3. The smallest absolute Gasteiger partial charge is 0.462 e. The molecule has 0 saturated carbocycles. The van der Waals surface area contributed by atoms with E-state index in [9.17, 15) is 43.2 Å². The van der Waals surface area contributed by atoms with Crippen molar-refractivity contribution in [1.29, 1.82) is 0 Å². The lowest BCUT2D eigenvalue weighted by atomic mass is 10.1. The molecule has 108 heavy (non-hydrogen) atoms. The van der Waals surface area contributed by atoms with Crippen LogP contribution in [0.5, 0.6) is 0 Å². The van der Waals surface area contributed by atoms with Gasteiger partial charge in [0.05, 0.1) is 26.4 Å². The van der Waals surface area contributed by atoms with E-state index in [4.69, 9.17) is 37.0 Å². The predicted molar refractivity (Wildman–Crippen MR) is 445 cm³/mol. The van der Waals surface area contributed by atoms with E-state index in [1.54, 1.807) is 0 Å². The Morgan fingerprint density at radius 2 is 0.500 bits per heavy atom. The molecule has 0 saturated heterocycles. The highest BCUT2D eigenvalue weighted by Gasteiger charge is 2.30. The number of phosphoric ester groups is 2. The maximum atomic E-state index is 13.1. The quantitative estimate of drug-likeness (QED) is 0.0169. The average Bonchev–Trinajstić information content (AvgIpc) is 0.923. The second-order valence-electron chi connectivity index (χ2n) is 25.9. The van der Waals surface area contributed by atoms with Gasteiger partial charge in [-0.05, 0) is 180 Å². The first-order chi connectivity index (χ1) is 52.7. The molecule has 17 nitrogen and oxygen atoms in total. The molecule has 0 heterocycles. The van der Waals surface area contributed by atoms with Crippen LogP contribution in [0.1, 0.15) is 272 Å². The molecule has 5 atom stereocenters. The van der Waals surface area contributed by atoms with E-state index in [0.717, 1.165) is 161 Å². The van der Waals surface area contributed by atoms with Crippen molar-refractivity contribution in [2.24, 2.45) is 0 Å². The Balaban J connectivity index is 5.53. The van der Waals surface area contributed by atoms with E-state index in [1.165, 1.54) is 19.3 Å². The number of esters is 4. The van der Waals surface area contributed by atoms with E-state index in [0.29, 0.717) is 38.5 Å². The molecule has 5 unspecified atom stereocenters. The van der Waals surface area contributed by atoms with Crippen molar-refractivity contribution in [1.82, 2.24) is 0 Å². The summed E-state index contributed by atoms with van der Waals surface area (Å²) >= 11 is 0. The van der Waals surface area contributed by atoms with Gasteiger partial charge in [-0.2, -0.15) is 0 Å². The van der Waals surface area contributed by atoms with Gasteiger partial charge in [-0.1, -0.05) is 273 Å². The van der Waals surface area contributed by atoms with Crippen molar-refractivity contribution in [2.45, 2.75) is 290 Å². The molecule has 0 aromatic heterocycles. The van der Waals surface area contributed by atoms with Crippen LogP contribution in [0.4, 0.5) is 0 Å². The molecule has 0 aromatic carbocycles. The molecular formula is C89H140O17P2. The van der Waals surface area contributed by atoms with Crippen LogP contribution in [0, 0.1) is 0 Å². The number of allylic oxidation sites excluding steroid dienone is 34. The number of hydrogen-bond donors (Lipinski definition) is 3. The average molecular weight is 1540 g/mol. The zero-order chi connectivity index (χ0) is 78.9. The van der Waals surface area contributed by atoms with E-state index in [-0.39, 0.29) is 25.7 Å². The van der Waals surface area contributed by atoms with Crippen LogP contribution in [-0.4, -0.2) is 96.7 Å². The predicted octanol–water partition coefficient (Wildman–Crippen LogP) is 23.9. The maximum absolute atomic E-state index is 13.1. The second-order valence-corrected chi connectivity index (χ2v) is 28.8. The van der Waals surface area contributed by atoms with Gasteiger partial charge >= 0.3 is 39.5 Å². The molecule has 0 aliphatic carbocycles. The van der Waals surface area contributed by atoms with E-state index in [1.807, 2.05) is 24.3 Å². The van der Waals surface area contributed by atoms with Crippen LogP contribution in [-0.2, 0) is 65.4 Å². The van der Waals surface area contributed by atoms with Gasteiger partial charge in [0.1, 0.15) is 19.3 Å². The molecule has 19 heteroatoms. The largest absolute Gasteiger partial charge is 0.472 e. The third-order valence-corrected chi connectivity index (χ3v) is 17.6. The van der Waals surface area contributed by atoms with Crippen molar-refractivity contribution >= 4 is 39.5 Å². The Morgan fingerprint density at radius 3 is 0.824 bits per heavy atom. The Kier molecular flexibility index (Phi) is 74.1. The molecular weight excluding hydrogens is 1400 g/mol. The molecule has 0 fully saturated rings. The summed E-state index contributed by atoms with van der Waals surface area (Å²) < 4.78 is 68.5. The Bertz CT molecular complexity index is 2860. The molecule has 0 rings (SSSR count). The molecule has 608 valence electrons. The van der Waals surface area contributed by atoms with E-state index >= 15 is 0 Å². The normalized spacial score (nSPS) is 14.9. The summed E-state index contributed by atoms with van der Waals surface area (Å²) in [6.07, 6.45) is 98.2. The van der Waals surface area contributed by atoms with Crippen LogP contribution in [0.15, 0.2) is 207 Å². The van der Waals surface area contributed by atoms with Crippen molar-refractivity contribution in [3.05, 3.63) is 207 Å². The number of aliphatic hydroxyl groups excluding tert-OH is 1. The van der Waals surface area contributed by atoms with Gasteiger partial charge < -0.3 is 33.8 Å². The fraction of sp³-hybridized carbons (Fsp3) is 0.573. The molecule has 0 bridgehead atoms. The molecule has 0 radical (unpaired) electrons. The standard InChI is InChI=1S/C89H140O17P2/c1-5-9-13-17-21-25-29-33-37-39-41-43-47-49-53-57-61-65-69-73-86(91)99-79-84(105-88(93)75-71-67-63-59-55-51-45-35-31-27-23-19-15-11-7-3)81-103-107(95,96)101-77-83(90)78-102-108(97,98)104-82-85(106-89(94)76-72-68-64-60-56-52-46-36-32-28-24-20-16-12-8-4)80-100-87(92)74-70-66-62-58-54-50-48-44-42-40-38-34-30-26-22-18-14-10-6-2/h9-11,13-15,21-28,33-38,41-46,49-50,53-55,59,61,65,83-85,90H,5-8,12,16-20,29-32,39-40,47-48,51-52,56-58,60,62-64,66-82H2,1-4H3,(H,95,96)(H,97,98)/b13-9-,14-10-,15-11-,25-21-,26-22-,27-23-,28-24-,37-33-,38-34-,43-41-,44-42-,45-35-,46-36-,53-49-,54-50-,59-55-,65-61-. The third kappa shape index (κ3) is 77.8. The highest BCUT2D eigenvalue weighted by molar-refractivity contribution is 7.47. The Hall–Kier alpha value is -6.36. The number of unbranched alkanes of at least 4 members (excludes halogenated alkanes) is 13. The lowest BCUT2D eigenvalue weighted by molar-refractivity contribution is -0.161. The Labute approximate surface area is 652 Å². The summed E-state index contributed by atoms with van der Waals surface area (Å²) in [6, 6.07) is 0. The molecule has 0 amide bonds. The van der Waals surface area contributed by atoms with Gasteiger partial charge in [-0.25, -0.2) is 9.13 Å². The van der Waals surface area contributed by atoms with Crippen LogP contribution in [0.25, 0.3) is 0 Å². The third-order valence-electron chi connectivity index (χ3n) is 15.7. The number of phosphoric acid groups is 2. The van der Waals surface area contributed by atoms with Gasteiger partial charge in [-0.15, -0.1) is 0 Å². The van der Waals surface area contributed by atoms with Gasteiger partial charge in [0.15, 0.2) is 12.2 Å². The molecule has 0 aliphatic rings. The monoisotopic (exact) mass is 1540 g/mol. The van der Waals surface area contributed by atoms with Crippen LogP contribution >= 0.6 is 15.6 Å². The van der Waals surface area contributed by atoms with E-state index in [2.05, 4.69) is 210 Å².